The molecule has 170 valence electrons. The van der Waals surface area contributed by atoms with Crippen LogP contribution in [0.2, 0.25) is 0 Å². The SMILES string of the molecule is CCOCCOCCOC=C(C)c1cccc(/C(C)=C\OCCOCCOCC)c1. The highest BCUT2D eigenvalue weighted by molar-refractivity contribution is 5.70. The number of rotatable bonds is 18. The summed E-state index contributed by atoms with van der Waals surface area (Å²) in [4.78, 5) is 0. The van der Waals surface area contributed by atoms with Gasteiger partial charge in [-0.15, -0.1) is 0 Å². The van der Waals surface area contributed by atoms with E-state index in [1.54, 1.807) is 12.5 Å². The highest BCUT2D eigenvalue weighted by Gasteiger charge is 2.01. The molecule has 1 aromatic rings. The summed E-state index contributed by atoms with van der Waals surface area (Å²) in [5.74, 6) is 0. The number of allylic oxidation sites excluding steroid dienone is 2. The van der Waals surface area contributed by atoms with E-state index in [2.05, 4.69) is 18.2 Å². The summed E-state index contributed by atoms with van der Waals surface area (Å²) >= 11 is 0. The number of ether oxygens (including phenoxy) is 6. The molecule has 1 rings (SSSR count). The van der Waals surface area contributed by atoms with Crippen LogP contribution in [0.25, 0.3) is 11.1 Å². The van der Waals surface area contributed by atoms with E-state index in [9.17, 15) is 0 Å². The lowest BCUT2D eigenvalue weighted by Gasteiger charge is -2.09. The molecule has 0 saturated heterocycles. The van der Waals surface area contributed by atoms with Crippen molar-refractivity contribution in [2.24, 2.45) is 0 Å². The standard InChI is InChI=1S/C24H38O6/c1-5-25-10-12-27-14-16-29-19-21(3)23-8-7-9-24(18-23)22(4)20-30-17-15-28-13-11-26-6-2/h7-9,18-20H,5-6,10-17H2,1-4H3/b21-19-,22-20?. The van der Waals surface area contributed by atoms with Gasteiger partial charge in [0, 0.05) is 13.2 Å². The van der Waals surface area contributed by atoms with Crippen LogP contribution in [0.1, 0.15) is 38.8 Å². The van der Waals surface area contributed by atoms with Gasteiger partial charge in [0.2, 0.25) is 0 Å². The van der Waals surface area contributed by atoms with Crippen LogP contribution < -0.4 is 0 Å². The fraction of sp³-hybridized carbons (Fsp3) is 0.583. The van der Waals surface area contributed by atoms with E-state index >= 15 is 0 Å². The molecule has 1 aromatic carbocycles. The van der Waals surface area contributed by atoms with Gasteiger partial charge in [-0.2, -0.15) is 0 Å². The molecule has 6 heteroatoms. The van der Waals surface area contributed by atoms with Gasteiger partial charge >= 0.3 is 0 Å². The Morgan fingerprint density at radius 3 is 1.47 bits per heavy atom. The molecule has 0 bridgehead atoms. The van der Waals surface area contributed by atoms with Crippen LogP contribution in [0.5, 0.6) is 0 Å². The Balaban J connectivity index is 2.35. The van der Waals surface area contributed by atoms with Crippen molar-refractivity contribution in [1.82, 2.24) is 0 Å². The Morgan fingerprint density at radius 1 is 0.633 bits per heavy atom. The zero-order chi connectivity index (χ0) is 21.9. The zero-order valence-corrected chi connectivity index (χ0v) is 19.0. The Kier molecular flexibility index (Phi) is 15.7. The lowest BCUT2D eigenvalue weighted by Crippen LogP contribution is -2.08. The molecule has 6 nitrogen and oxygen atoms in total. The summed E-state index contributed by atoms with van der Waals surface area (Å²) < 4.78 is 32.5. The molecule has 0 N–H and O–H groups in total. The third kappa shape index (κ3) is 12.6. The monoisotopic (exact) mass is 422 g/mol. The van der Waals surface area contributed by atoms with Crippen molar-refractivity contribution in [3.63, 3.8) is 0 Å². The molecule has 0 fully saturated rings. The lowest BCUT2D eigenvalue weighted by atomic mass is 10.0. The van der Waals surface area contributed by atoms with Crippen molar-refractivity contribution in [2.75, 3.05) is 66.1 Å². The summed E-state index contributed by atoms with van der Waals surface area (Å²) in [6.07, 6.45) is 3.56. The average molecular weight is 423 g/mol. The van der Waals surface area contributed by atoms with Crippen LogP contribution in [-0.4, -0.2) is 66.1 Å². The molecule has 0 aliphatic rings. The third-order valence-corrected chi connectivity index (χ3v) is 4.14. The van der Waals surface area contributed by atoms with Crippen LogP contribution >= 0.6 is 0 Å². The molecule has 0 heterocycles. The normalized spacial score (nSPS) is 12.3. The first-order valence-corrected chi connectivity index (χ1v) is 10.7. The number of benzene rings is 1. The maximum atomic E-state index is 5.59. The van der Waals surface area contributed by atoms with Crippen molar-refractivity contribution in [3.8, 4) is 0 Å². The van der Waals surface area contributed by atoms with Crippen LogP contribution in [0.15, 0.2) is 36.8 Å². The van der Waals surface area contributed by atoms with E-state index in [0.29, 0.717) is 66.1 Å². The quantitative estimate of drug-likeness (QED) is 0.256. The molecule has 0 amide bonds. The Labute approximate surface area is 181 Å². The smallest absolute Gasteiger partial charge is 0.111 e. The first-order chi connectivity index (χ1) is 14.7. The topological polar surface area (TPSA) is 55.4 Å². The van der Waals surface area contributed by atoms with Gasteiger partial charge in [-0.05, 0) is 56.0 Å². The van der Waals surface area contributed by atoms with Crippen molar-refractivity contribution < 1.29 is 28.4 Å². The van der Waals surface area contributed by atoms with E-state index in [1.165, 1.54) is 0 Å². The van der Waals surface area contributed by atoms with E-state index < -0.39 is 0 Å². The molecule has 0 atom stereocenters. The van der Waals surface area contributed by atoms with Gasteiger partial charge in [-0.25, -0.2) is 0 Å². The van der Waals surface area contributed by atoms with Crippen LogP contribution in [-0.2, 0) is 28.4 Å². The molecular formula is C24H38O6. The van der Waals surface area contributed by atoms with Crippen LogP contribution in [0, 0.1) is 0 Å². The van der Waals surface area contributed by atoms with Crippen molar-refractivity contribution in [3.05, 3.63) is 47.9 Å². The van der Waals surface area contributed by atoms with Crippen LogP contribution in [0.4, 0.5) is 0 Å². The molecule has 0 saturated carbocycles. The lowest BCUT2D eigenvalue weighted by molar-refractivity contribution is 0.0343. The van der Waals surface area contributed by atoms with Gasteiger partial charge in [0.15, 0.2) is 0 Å². The molecule has 0 spiro atoms. The van der Waals surface area contributed by atoms with E-state index in [-0.39, 0.29) is 0 Å². The number of hydrogen-bond acceptors (Lipinski definition) is 6. The first kappa shape index (κ1) is 26.2. The second-order valence-corrected chi connectivity index (χ2v) is 6.54. The molecule has 0 aromatic heterocycles. The number of hydrogen-bond donors (Lipinski definition) is 0. The van der Waals surface area contributed by atoms with Crippen LogP contribution in [0.3, 0.4) is 0 Å². The molecular weight excluding hydrogens is 384 g/mol. The average Bonchev–Trinajstić information content (AvgIpc) is 2.77. The minimum Gasteiger partial charge on any atom is -0.498 e. The largest absolute Gasteiger partial charge is 0.498 e. The van der Waals surface area contributed by atoms with Crippen molar-refractivity contribution >= 4 is 11.1 Å². The highest BCUT2D eigenvalue weighted by atomic mass is 16.5. The van der Waals surface area contributed by atoms with Gasteiger partial charge in [0.25, 0.3) is 0 Å². The Morgan fingerprint density at radius 2 is 1.03 bits per heavy atom. The van der Waals surface area contributed by atoms with E-state index in [1.807, 2.05) is 33.8 Å². The summed E-state index contributed by atoms with van der Waals surface area (Å²) in [6.45, 7) is 14.0. The van der Waals surface area contributed by atoms with Gasteiger partial charge in [-0.1, -0.05) is 18.2 Å². The maximum absolute atomic E-state index is 5.59. The molecule has 0 radical (unpaired) electrons. The molecule has 0 aliphatic carbocycles. The predicted octanol–water partition coefficient (Wildman–Crippen LogP) is 4.55. The zero-order valence-electron chi connectivity index (χ0n) is 19.0. The first-order valence-electron chi connectivity index (χ1n) is 10.7. The Bertz CT molecular complexity index is 562. The van der Waals surface area contributed by atoms with Gasteiger partial charge in [0.05, 0.1) is 52.2 Å². The third-order valence-electron chi connectivity index (χ3n) is 4.14. The molecule has 0 unspecified atom stereocenters. The predicted molar refractivity (Wildman–Crippen MR) is 120 cm³/mol. The van der Waals surface area contributed by atoms with Gasteiger partial charge in [0.1, 0.15) is 13.2 Å². The van der Waals surface area contributed by atoms with Crippen molar-refractivity contribution in [2.45, 2.75) is 27.7 Å². The summed E-state index contributed by atoms with van der Waals surface area (Å²) in [6, 6.07) is 8.30. The second kappa shape index (κ2) is 18.0. The minimum absolute atomic E-state index is 0.516. The van der Waals surface area contributed by atoms with Gasteiger partial charge in [-0.3, -0.25) is 0 Å². The summed E-state index contributed by atoms with van der Waals surface area (Å²) in [7, 11) is 0. The Hall–Kier alpha value is -1.86. The molecule has 0 aliphatic heterocycles. The fourth-order valence-electron chi connectivity index (χ4n) is 2.46. The minimum atomic E-state index is 0.516. The summed E-state index contributed by atoms with van der Waals surface area (Å²) in [5.41, 5.74) is 4.33. The second-order valence-electron chi connectivity index (χ2n) is 6.54. The maximum Gasteiger partial charge on any atom is 0.111 e. The summed E-state index contributed by atoms with van der Waals surface area (Å²) in [5, 5.41) is 0. The highest BCUT2D eigenvalue weighted by Crippen LogP contribution is 2.20. The van der Waals surface area contributed by atoms with Crippen molar-refractivity contribution in [1.29, 1.82) is 0 Å². The van der Waals surface area contributed by atoms with E-state index in [0.717, 1.165) is 22.3 Å². The van der Waals surface area contributed by atoms with Gasteiger partial charge < -0.3 is 28.4 Å². The van der Waals surface area contributed by atoms with E-state index in [4.69, 9.17) is 28.4 Å². The fourth-order valence-corrected chi connectivity index (χ4v) is 2.46. The molecule has 30 heavy (non-hydrogen) atoms.